The van der Waals surface area contributed by atoms with Gasteiger partial charge >= 0.3 is 0 Å². The monoisotopic (exact) mass is 416 g/mol. The molecule has 3 rings (SSSR count). The number of methoxy groups -OCH3 is 1. The van der Waals surface area contributed by atoms with E-state index in [1.54, 1.807) is 7.11 Å². The first kappa shape index (κ1) is 31.0. The van der Waals surface area contributed by atoms with Gasteiger partial charge in [0.15, 0.2) is 0 Å². The molecule has 3 aliphatic rings. The Bertz CT molecular complexity index is 379. The number of hydrogen-bond donors (Lipinski definition) is 0. The smallest absolute Gasteiger partial charge is 0.0825 e. The zero-order chi connectivity index (χ0) is 22.2. The summed E-state index contributed by atoms with van der Waals surface area (Å²) < 4.78 is 9.89. The summed E-state index contributed by atoms with van der Waals surface area (Å²) in [4.78, 5) is 4.93. The molecule has 3 saturated heterocycles. The van der Waals surface area contributed by atoms with Gasteiger partial charge in [-0.25, -0.2) is 0 Å². The van der Waals surface area contributed by atoms with Gasteiger partial charge in [0.05, 0.1) is 6.10 Å². The average molecular weight is 417 g/mol. The van der Waals surface area contributed by atoms with Crippen LogP contribution in [0, 0.1) is 11.3 Å². The third-order valence-electron chi connectivity index (χ3n) is 4.72. The first-order valence-electron chi connectivity index (χ1n) is 11.1. The van der Waals surface area contributed by atoms with Gasteiger partial charge in [-0.1, -0.05) is 42.0 Å². The normalized spacial score (nSPS) is 20.7. The highest BCUT2D eigenvalue weighted by Gasteiger charge is 2.34. The van der Waals surface area contributed by atoms with E-state index in [2.05, 4.69) is 86.0 Å². The molecule has 29 heavy (non-hydrogen) atoms. The van der Waals surface area contributed by atoms with Crippen LogP contribution in [0.4, 0.5) is 0 Å². The largest absolute Gasteiger partial charge is 0.381 e. The summed E-state index contributed by atoms with van der Waals surface area (Å²) in [5.74, 6) is 0.934. The summed E-state index contributed by atoms with van der Waals surface area (Å²) in [5.41, 5.74) is 1.24. The Labute approximate surface area is 184 Å². The van der Waals surface area contributed by atoms with E-state index in [1.165, 1.54) is 19.5 Å². The molecule has 0 spiro atoms. The molecule has 0 bridgehead atoms. The molecule has 0 aromatic carbocycles. The lowest BCUT2D eigenvalue weighted by atomic mass is 9.94. The maximum Gasteiger partial charge on any atom is 0.0825 e. The van der Waals surface area contributed by atoms with Crippen LogP contribution >= 0.6 is 0 Å². The molecule has 0 amide bonds. The van der Waals surface area contributed by atoms with Gasteiger partial charge < -0.3 is 9.47 Å². The van der Waals surface area contributed by atoms with Gasteiger partial charge in [0.25, 0.3) is 0 Å². The minimum atomic E-state index is 0. The van der Waals surface area contributed by atoms with E-state index in [9.17, 15) is 0 Å². The van der Waals surface area contributed by atoms with Crippen molar-refractivity contribution in [3.05, 3.63) is 0 Å². The van der Waals surface area contributed by atoms with Crippen molar-refractivity contribution < 1.29 is 9.47 Å². The predicted octanol–water partition coefficient (Wildman–Crippen LogP) is 5.95. The van der Waals surface area contributed by atoms with Gasteiger partial charge in [-0.05, 0) is 59.3 Å². The zero-order valence-electron chi connectivity index (χ0n) is 21.3. The lowest BCUT2D eigenvalue weighted by Gasteiger charge is -2.46. The van der Waals surface area contributed by atoms with Crippen LogP contribution in [0.3, 0.4) is 0 Å². The maximum atomic E-state index is 5.17. The van der Waals surface area contributed by atoms with E-state index in [4.69, 9.17) is 9.47 Å². The number of hydrogen-bond acceptors (Lipinski definition) is 4. The van der Waals surface area contributed by atoms with Gasteiger partial charge in [0, 0.05) is 57.6 Å². The molecule has 0 radical (unpaired) electrons. The topological polar surface area (TPSA) is 24.9 Å². The van der Waals surface area contributed by atoms with Gasteiger partial charge in [0.2, 0.25) is 0 Å². The first-order chi connectivity index (χ1) is 12.5. The molecule has 178 valence electrons. The summed E-state index contributed by atoms with van der Waals surface area (Å²) in [5, 5.41) is 0. The quantitative estimate of drug-likeness (QED) is 0.527. The van der Waals surface area contributed by atoms with Gasteiger partial charge in [-0.2, -0.15) is 0 Å². The Kier molecular flexibility index (Phi) is 14.2. The van der Waals surface area contributed by atoms with Crippen molar-refractivity contribution >= 4 is 0 Å². The number of nitrogens with zero attached hydrogens (tertiary/aromatic N) is 2. The van der Waals surface area contributed by atoms with Crippen LogP contribution in [0.25, 0.3) is 0 Å². The second-order valence-electron chi connectivity index (χ2n) is 12.1. The molecule has 3 fully saturated rings. The van der Waals surface area contributed by atoms with Crippen molar-refractivity contribution in [3.63, 3.8) is 0 Å². The minimum Gasteiger partial charge on any atom is -0.381 e. The Balaban J connectivity index is 0. The molecule has 0 unspecified atom stereocenters. The van der Waals surface area contributed by atoms with Crippen molar-refractivity contribution in [2.75, 3.05) is 46.5 Å². The van der Waals surface area contributed by atoms with E-state index in [0.29, 0.717) is 22.6 Å². The van der Waals surface area contributed by atoms with Crippen LogP contribution < -0.4 is 0 Å². The van der Waals surface area contributed by atoms with Gasteiger partial charge in [-0.15, -0.1) is 0 Å². The second-order valence-corrected chi connectivity index (χ2v) is 12.1. The van der Waals surface area contributed by atoms with Crippen molar-refractivity contribution in [3.8, 4) is 0 Å². The molecule has 0 atom stereocenters. The molecule has 0 saturated carbocycles. The van der Waals surface area contributed by atoms with Crippen molar-refractivity contribution in [2.45, 2.75) is 107 Å². The minimum absolute atomic E-state index is 0. The molecule has 4 heteroatoms. The molecule has 3 heterocycles. The fourth-order valence-corrected chi connectivity index (χ4v) is 2.53. The van der Waals surface area contributed by atoms with Gasteiger partial charge in [-0.3, -0.25) is 9.80 Å². The van der Waals surface area contributed by atoms with E-state index >= 15 is 0 Å². The van der Waals surface area contributed by atoms with Crippen LogP contribution in [0.15, 0.2) is 0 Å². The zero-order valence-corrected chi connectivity index (χ0v) is 21.3. The Morgan fingerprint density at radius 2 is 1.00 bits per heavy atom. The average Bonchev–Trinajstić information content (AvgIpc) is 2.27. The van der Waals surface area contributed by atoms with Crippen molar-refractivity contribution in [1.29, 1.82) is 0 Å². The molecule has 4 nitrogen and oxygen atoms in total. The van der Waals surface area contributed by atoms with Crippen LogP contribution in [0.5, 0.6) is 0 Å². The van der Waals surface area contributed by atoms with Crippen molar-refractivity contribution in [2.24, 2.45) is 11.3 Å². The summed E-state index contributed by atoms with van der Waals surface area (Å²) >= 11 is 0. The first-order valence-corrected chi connectivity index (χ1v) is 11.1. The summed E-state index contributed by atoms with van der Waals surface area (Å²) in [6.45, 7) is 31.4. The molecule has 3 aliphatic heterocycles. The van der Waals surface area contributed by atoms with E-state index < -0.39 is 0 Å². The number of likely N-dealkylation sites (tertiary alicyclic amines) is 2. The molecular formula is C25H56N2O2. The molecule has 0 aromatic rings. The second kappa shape index (κ2) is 13.3. The van der Waals surface area contributed by atoms with E-state index in [1.807, 2.05) is 0 Å². The van der Waals surface area contributed by atoms with Gasteiger partial charge in [0.1, 0.15) is 0 Å². The lowest BCUT2D eigenvalue weighted by molar-refractivity contribution is -0.0702. The molecule has 0 N–H and O–H groups in total. The third-order valence-corrected chi connectivity index (χ3v) is 4.72. The number of ether oxygens (including phenoxy) is 2. The summed E-state index contributed by atoms with van der Waals surface area (Å²) in [7, 11) is 1.78. The molecule has 0 aromatic heterocycles. The number of rotatable bonds is 1. The molecular weight excluding hydrogens is 360 g/mol. The van der Waals surface area contributed by atoms with Crippen LogP contribution in [-0.2, 0) is 9.47 Å². The van der Waals surface area contributed by atoms with Crippen LogP contribution in [0.1, 0.15) is 90.0 Å². The Hall–Kier alpha value is -0.160. The Morgan fingerprint density at radius 1 is 0.724 bits per heavy atom. The SMILES string of the molecule is C.C1COC1.CC(C)(C)C.CC1CN(C(C)(C)C)C1.COC1CN(C(C)(C)C)C1. The molecule has 0 aliphatic carbocycles. The van der Waals surface area contributed by atoms with E-state index in [-0.39, 0.29) is 7.43 Å². The van der Waals surface area contributed by atoms with Crippen molar-refractivity contribution in [1.82, 2.24) is 9.80 Å². The third kappa shape index (κ3) is 16.2. The highest BCUT2D eigenvalue weighted by atomic mass is 16.5. The van der Waals surface area contributed by atoms with E-state index in [0.717, 1.165) is 32.2 Å². The van der Waals surface area contributed by atoms with Crippen LogP contribution in [-0.4, -0.2) is 73.5 Å². The summed E-state index contributed by atoms with van der Waals surface area (Å²) in [6.07, 6.45) is 1.76. The Morgan fingerprint density at radius 3 is 1.14 bits per heavy atom. The lowest BCUT2D eigenvalue weighted by Crippen LogP contribution is -2.59. The predicted molar refractivity (Wildman–Crippen MR) is 130 cm³/mol. The highest BCUT2D eigenvalue weighted by Crippen LogP contribution is 2.24. The fraction of sp³-hybridized carbons (Fsp3) is 1.00. The fourth-order valence-electron chi connectivity index (χ4n) is 2.53. The summed E-state index contributed by atoms with van der Waals surface area (Å²) in [6, 6.07) is 0. The highest BCUT2D eigenvalue weighted by molar-refractivity contribution is 4.89. The maximum absolute atomic E-state index is 5.17. The standard InChI is InChI=1S/C8H17NO.C8H17N.C5H12.C3H6O.CH4/c1-8(2,3)9-5-7(6-9)10-4;1-7-5-9(6-7)8(2,3)4;1-5(2,3)4;1-2-4-3-1;/h7H,5-6H2,1-4H3;7H,5-6H2,1-4H3;1-4H3;1-3H2;1H4. The van der Waals surface area contributed by atoms with Crippen LogP contribution in [0.2, 0.25) is 0 Å².